The van der Waals surface area contributed by atoms with Gasteiger partial charge in [0.15, 0.2) is 0 Å². The number of carbonyl (C=O) groups is 1. The maximum Gasteiger partial charge on any atom is 0.337 e. The lowest BCUT2D eigenvalue weighted by atomic mass is 9.98. The molecular formula is C12H17NO4. The Kier molecular flexibility index (Phi) is 4.93. The summed E-state index contributed by atoms with van der Waals surface area (Å²) in [6, 6.07) is 5.12. The lowest BCUT2D eigenvalue weighted by Crippen LogP contribution is -2.11. The molecule has 1 atom stereocenters. The Morgan fingerprint density at radius 2 is 2.12 bits per heavy atom. The fraction of sp³-hybridized carbons (Fsp3) is 0.417. The van der Waals surface area contributed by atoms with E-state index >= 15 is 0 Å². The number of hydrogen-bond donors (Lipinski definition) is 1. The highest BCUT2D eigenvalue weighted by atomic mass is 16.6. The van der Waals surface area contributed by atoms with Crippen LogP contribution in [0.3, 0.4) is 0 Å². The smallest absolute Gasteiger partial charge is 0.337 e. The Bertz CT molecular complexity index is 392. The molecule has 0 aliphatic heterocycles. The molecule has 0 amide bonds. The summed E-state index contributed by atoms with van der Waals surface area (Å²) >= 11 is 0. The fourth-order valence-electron chi connectivity index (χ4n) is 1.60. The predicted octanol–water partition coefficient (Wildman–Crippen LogP) is 1.48. The van der Waals surface area contributed by atoms with Crippen LogP contribution < -0.4 is 10.6 Å². The van der Waals surface area contributed by atoms with Crippen LogP contribution >= 0.6 is 0 Å². The first-order chi connectivity index (χ1) is 8.13. The monoisotopic (exact) mass is 239 g/mol. The minimum Gasteiger partial charge on any atom is -0.496 e. The van der Waals surface area contributed by atoms with Crippen molar-refractivity contribution in [3.63, 3.8) is 0 Å². The molecule has 5 nitrogen and oxygen atoms in total. The first-order valence-electron chi connectivity index (χ1n) is 5.22. The minimum atomic E-state index is -0.380. The Balaban J connectivity index is 3.10. The zero-order valence-corrected chi connectivity index (χ0v) is 10.2. The van der Waals surface area contributed by atoms with E-state index in [1.807, 2.05) is 6.92 Å². The van der Waals surface area contributed by atoms with Gasteiger partial charge in [0.2, 0.25) is 0 Å². The molecule has 1 aromatic carbocycles. The number of ether oxygens (including phenoxy) is 2. The van der Waals surface area contributed by atoms with Gasteiger partial charge in [-0.15, -0.1) is 0 Å². The van der Waals surface area contributed by atoms with E-state index < -0.39 is 0 Å². The molecular weight excluding hydrogens is 222 g/mol. The van der Waals surface area contributed by atoms with E-state index in [1.165, 1.54) is 7.11 Å². The number of hydrogen-bond acceptors (Lipinski definition) is 5. The van der Waals surface area contributed by atoms with Gasteiger partial charge in [0, 0.05) is 11.5 Å². The van der Waals surface area contributed by atoms with Crippen LogP contribution in [0.1, 0.15) is 28.8 Å². The second-order valence-corrected chi connectivity index (χ2v) is 3.68. The minimum absolute atomic E-state index is 0.0274. The molecule has 0 saturated carbocycles. The molecule has 0 fully saturated rings. The Morgan fingerprint density at radius 3 is 2.65 bits per heavy atom. The van der Waals surface area contributed by atoms with Gasteiger partial charge in [-0.1, -0.05) is 6.92 Å². The van der Waals surface area contributed by atoms with Crippen molar-refractivity contribution in [2.75, 3.05) is 20.8 Å². The summed E-state index contributed by atoms with van der Waals surface area (Å²) in [5.74, 6) is 5.39. The van der Waals surface area contributed by atoms with Gasteiger partial charge in [0.05, 0.1) is 26.4 Å². The molecule has 0 aliphatic carbocycles. The summed E-state index contributed by atoms with van der Waals surface area (Å²) in [5, 5.41) is 0. The normalized spacial score (nSPS) is 12.0. The van der Waals surface area contributed by atoms with Crippen molar-refractivity contribution < 1.29 is 19.1 Å². The first-order valence-corrected chi connectivity index (χ1v) is 5.22. The maximum atomic E-state index is 11.4. The van der Waals surface area contributed by atoms with Crippen LogP contribution in [0.4, 0.5) is 0 Å². The Morgan fingerprint density at radius 1 is 1.41 bits per heavy atom. The van der Waals surface area contributed by atoms with Crippen LogP contribution in [0.2, 0.25) is 0 Å². The maximum absolute atomic E-state index is 11.4. The van der Waals surface area contributed by atoms with Gasteiger partial charge in [0.1, 0.15) is 5.75 Å². The zero-order chi connectivity index (χ0) is 12.8. The quantitative estimate of drug-likeness (QED) is 0.622. The van der Waals surface area contributed by atoms with E-state index in [9.17, 15) is 4.79 Å². The lowest BCUT2D eigenvalue weighted by Gasteiger charge is -2.15. The second-order valence-electron chi connectivity index (χ2n) is 3.68. The van der Waals surface area contributed by atoms with Crippen molar-refractivity contribution in [1.29, 1.82) is 0 Å². The number of nitrogens with two attached hydrogens (primary N) is 1. The third-order valence-electron chi connectivity index (χ3n) is 2.53. The zero-order valence-electron chi connectivity index (χ0n) is 10.2. The molecule has 0 heterocycles. The van der Waals surface area contributed by atoms with Crippen molar-refractivity contribution in [1.82, 2.24) is 0 Å². The molecule has 17 heavy (non-hydrogen) atoms. The highest BCUT2D eigenvalue weighted by Gasteiger charge is 2.15. The summed E-state index contributed by atoms with van der Waals surface area (Å²) < 4.78 is 9.90. The first kappa shape index (κ1) is 13.5. The largest absolute Gasteiger partial charge is 0.496 e. The van der Waals surface area contributed by atoms with Crippen LogP contribution in [-0.2, 0) is 9.57 Å². The lowest BCUT2D eigenvalue weighted by molar-refractivity contribution is 0.0600. The average molecular weight is 239 g/mol. The van der Waals surface area contributed by atoms with Gasteiger partial charge in [-0.25, -0.2) is 10.7 Å². The molecule has 0 radical (unpaired) electrons. The predicted molar refractivity (Wildman–Crippen MR) is 62.9 cm³/mol. The van der Waals surface area contributed by atoms with E-state index in [-0.39, 0.29) is 11.9 Å². The van der Waals surface area contributed by atoms with Crippen molar-refractivity contribution in [2.24, 2.45) is 5.90 Å². The van der Waals surface area contributed by atoms with E-state index in [2.05, 4.69) is 9.57 Å². The fourth-order valence-corrected chi connectivity index (χ4v) is 1.60. The second kappa shape index (κ2) is 6.22. The standard InChI is InChI=1S/C12H17NO4/c1-8(7-17-13)10-6-9(12(14)16-3)4-5-11(10)15-2/h4-6,8H,7,13H2,1-3H3. The SMILES string of the molecule is COC(=O)c1ccc(OC)c(C(C)CON)c1. The van der Waals surface area contributed by atoms with E-state index in [1.54, 1.807) is 25.3 Å². The highest BCUT2D eigenvalue weighted by molar-refractivity contribution is 5.89. The third kappa shape index (κ3) is 3.18. The molecule has 0 aliphatic rings. The van der Waals surface area contributed by atoms with Crippen molar-refractivity contribution in [3.8, 4) is 5.75 Å². The van der Waals surface area contributed by atoms with E-state index in [4.69, 9.17) is 10.6 Å². The van der Waals surface area contributed by atoms with Gasteiger partial charge >= 0.3 is 5.97 Å². The molecule has 1 unspecified atom stereocenters. The third-order valence-corrected chi connectivity index (χ3v) is 2.53. The molecule has 5 heteroatoms. The van der Waals surface area contributed by atoms with Crippen LogP contribution in [0, 0.1) is 0 Å². The number of benzene rings is 1. The van der Waals surface area contributed by atoms with Crippen LogP contribution in [0.5, 0.6) is 5.75 Å². The van der Waals surface area contributed by atoms with Crippen LogP contribution in [-0.4, -0.2) is 26.8 Å². The molecule has 94 valence electrons. The molecule has 1 rings (SSSR count). The van der Waals surface area contributed by atoms with Crippen molar-refractivity contribution in [2.45, 2.75) is 12.8 Å². The van der Waals surface area contributed by atoms with E-state index in [0.29, 0.717) is 17.9 Å². The highest BCUT2D eigenvalue weighted by Crippen LogP contribution is 2.27. The molecule has 0 spiro atoms. The summed E-state index contributed by atoms with van der Waals surface area (Å²) in [4.78, 5) is 16.0. The molecule has 0 aromatic heterocycles. The van der Waals surface area contributed by atoms with Crippen LogP contribution in [0.25, 0.3) is 0 Å². The summed E-state index contributed by atoms with van der Waals surface area (Å²) in [6.45, 7) is 2.28. The summed E-state index contributed by atoms with van der Waals surface area (Å²) in [6.07, 6.45) is 0. The number of esters is 1. The van der Waals surface area contributed by atoms with Gasteiger partial charge in [-0.3, -0.25) is 0 Å². The summed E-state index contributed by atoms with van der Waals surface area (Å²) in [7, 11) is 2.92. The molecule has 0 saturated heterocycles. The average Bonchev–Trinajstić information content (AvgIpc) is 2.37. The van der Waals surface area contributed by atoms with Crippen molar-refractivity contribution >= 4 is 5.97 Å². The number of carbonyl (C=O) groups excluding carboxylic acids is 1. The molecule has 2 N–H and O–H groups in total. The van der Waals surface area contributed by atoms with Gasteiger partial charge in [-0.05, 0) is 18.2 Å². The van der Waals surface area contributed by atoms with Crippen LogP contribution in [0.15, 0.2) is 18.2 Å². The van der Waals surface area contributed by atoms with Crippen molar-refractivity contribution in [3.05, 3.63) is 29.3 Å². The summed E-state index contributed by atoms with van der Waals surface area (Å²) in [5.41, 5.74) is 1.34. The van der Waals surface area contributed by atoms with Gasteiger partial charge in [0.25, 0.3) is 0 Å². The Hall–Kier alpha value is -1.59. The molecule has 1 aromatic rings. The number of rotatable bonds is 5. The Labute approximate surface area is 100 Å². The van der Waals surface area contributed by atoms with Gasteiger partial charge in [-0.2, -0.15) is 0 Å². The topological polar surface area (TPSA) is 70.8 Å². The van der Waals surface area contributed by atoms with Gasteiger partial charge < -0.3 is 14.3 Å². The number of methoxy groups -OCH3 is 2. The van der Waals surface area contributed by atoms with E-state index in [0.717, 1.165) is 5.56 Å². The molecule has 0 bridgehead atoms.